The summed E-state index contributed by atoms with van der Waals surface area (Å²) in [5, 5.41) is 8.73. The van der Waals surface area contributed by atoms with E-state index in [1.165, 1.54) is 4.31 Å². The van der Waals surface area contributed by atoms with E-state index in [9.17, 15) is 8.42 Å². The Bertz CT molecular complexity index is 584. The third-order valence-corrected chi connectivity index (χ3v) is 4.96. The van der Waals surface area contributed by atoms with Crippen molar-refractivity contribution < 1.29 is 8.42 Å². The largest absolute Gasteiger partial charge is 0.334 e. The molecule has 6 nitrogen and oxygen atoms in total. The SMILES string of the molecule is CCCn1cc(S(=O)(=O)N(CCC#N)C(C)C)nc1C. The van der Waals surface area contributed by atoms with Crippen molar-refractivity contribution >= 4 is 10.0 Å². The molecule has 112 valence electrons. The normalized spacial score (nSPS) is 12.1. The first kappa shape index (κ1) is 16.7. The highest BCUT2D eigenvalue weighted by molar-refractivity contribution is 7.89. The van der Waals surface area contributed by atoms with Gasteiger partial charge in [-0.1, -0.05) is 6.92 Å². The van der Waals surface area contributed by atoms with Gasteiger partial charge in [-0.05, 0) is 27.2 Å². The molecule has 0 saturated carbocycles. The van der Waals surface area contributed by atoms with Crippen molar-refractivity contribution in [3.05, 3.63) is 12.0 Å². The van der Waals surface area contributed by atoms with E-state index in [2.05, 4.69) is 4.98 Å². The highest BCUT2D eigenvalue weighted by atomic mass is 32.2. The zero-order valence-electron chi connectivity index (χ0n) is 12.5. The first-order chi connectivity index (χ1) is 9.34. The van der Waals surface area contributed by atoms with Crippen LogP contribution in [0.1, 0.15) is 39.4 Å². The van der Waals surface area contributed by atoms with E-state index in [0.29, 0.717) is 5.82 Å². The van der Waals surface area contributed by atoms with E-state index in [0.717, 1.165) is 13.0 Å². The zero-order valence-corrected chi connectivity index (χ0v) is 13.3. The first-order valence-corrected chi connectivity index (χ1v) is 8.21. The van der Waals surface area contributed by atoms with Gasteiger partial charge in [0.15, 0.2) is 5.03 Å². The maximum absolute atomic E-state index is 12.6. The molecule has 0 bridgehead atoms. The van der Waals surface area contributed by atoms with E-state index >= 15 is 0 Å². The summed E-state index contributed by atoms with van der Waals surface area (Å²) in [5.41, 5.74) is 0. The second kappa shape index (κ2) is 6.86. The third-order valence-electron chi connectivity index (χ3n) is 3.01. The topological polar surface area (TPSA) is 79.0 Å². The zero-order chi connectivity index (χ0) is 15.3. The van der Waals surface area contributed by atoms with E-state index in [1.54, 1.807) is 27.0 Å². The fourth-order valence-electron chi connectivity index (χ4n) is 2.01. The number of nitrogens with zero attached hydrogens (tertiary/aromatic N) is 4. The van der Waals surface area contributed by atoms with Gasteiger partial charge in [0.25, 0.3) is 10.0 Å². The number of hydrogen-bond donors (Lipinski definition) is 0. The van der Waals surface area contributed by atoms with Gasteiger partial charge in [0, 0.05) is 31.7 Å². The van der Waals surface area contributed by atoms with Gasteiger partial charge in [-0.25, -0.2) is 13.4 Å². The summed E-state index contributed by atoms with van der Waals surface area (Å²) in [5.74, 6) is 0.689. The minimum Gasteiger partial charge on any atom is -0.334 e. The predicted molar refractivity (Wildman–Crippen MR) is 76.5 cm³/mol. The molecule has 1 heterocycles. The number of aromatic nitrogens is 2. The van der Waals surface area contributed by atoms with Crippen LogP contribution in [0.25, 0.3) is 0 Å². The van der Waals surface area contributed by atoms with Crippen LogP contribution in [0.3, 0.4) is 0 Å². The van der Waals surface area contributed by atoms with Crippen molar-refractivity contribution in [2.24, 2.45) is 0 Å². The van der Waals surface area contributed by atoms with Crippen LogP contribution in [0.2, 0.25) is 0 Å². The Labute approximate surface area is 121 Å². The van der Waals surface area contributed by atoms with E-state index in [-0.39, 0.29) is 24.0 Å². The summed E-state index contributed by atoms with van der Waals surface area (Å²) in [7, 11) is -3.64. The van der Waals surface area contributed by atoms with Crippen LogP contribution >= 0.6 is 0 Å². The highest BCUT2D eigenvalue weighted by Crippen LogP contribution is 2.18. The summed E-state index contributed by atoms with van der Waals surface area (Å²) >= 11 is 0. The summed E-state index contributed by atoms with van der Waals surface area (Å²) in [6.07, 6.45) is 2.67. The Morgan fingerprint density at radius 2 is 2.15 bits per heavy atom. The second-order valence-corrected chi connectivity index (χ2v) is 6.77. The van der Waals surface area contributed by atoms with Crippen LogP contribution in [0.5, 0.6) is 0 Å². The van der Waals surface area contributed by atoms with Crippen molar-refractivity contribution in [1.29, 1.82) is 5.26 Å². The molecule has 1 aromatic heterocycles. The van der Waals surface area contributed by atoms with Crippen molar-refractivity contribution in [3.63, 3.8) is 0 Å². The van der Waals surface area contributed by atoms with Crippen molar-refractivity contribution in [1.82, 2.24) is 13.9 Å². The number of imidazole rings is 1. The number of sulfonamides is 1. The first-order valence-electron chi connectivity index (χ1n) is 6.77. The minimum absolute atomic E-state index is 0.0649. The van der Waals surface area contributed by atoms with Crippen LogP contribution in [0, 0.1) is 18.3 Å². The third kappa shape index (κ3) is 3.58. The molecule has 0 unspecified atom stereocenters. The minimum atomic E-state index is -3.64. The molecule has 0 saturated heterocycles. The van der Waals surface area contributed by atoms with Gasteiger partial charge in [-0.2, -0.15) is 9.57 Å². The molecule has 0 radical (unpaired) electrons. The van der Waals surface area contributed by atoms with Gasteiger partial charge >= 0.3 is 0 Å². The van der Waals surface area contributed by atoms with Crippen LogP contribution in [-0.4, -0.2) is 34.9 Å². The quantitative estimate of drug-likeness (QED) is 0.770. The molecule has 1 rings (SSSR count). The number of hydrogen-bond acceptors (Lipinski definition) is 4. The lowest BCUT2D eigenvalue weighted by atomic mass is 10.3. The van der Waals surface area contributed by atoms with E-state index in [1.807, 2.05) is 17.6 Å². The standard InChI is InChI=1S/C13H22N4O2S/c1-5-8-16-10-13(15-12(16)4)20(18,19)17(11(2)3)9-6-7-14/h10-11H,5-6,8-9H2,1-4H3. The Morgan fingerprint density at radius 1 is 1.50 bits per heavy atom. The van der Waals surface area contributed by atoms with Crippen molar-refractivity contribution in [2.75, 3.05) is 6.54 Å². The lowest BCUT2D eigenvalue weighted by Crippen LogP contribution is -2.37. The molecule has 7 heteroatoms. The highest BCUT2D eigenvalue weighted by Gasteiger charge is 2.29. The Balaban J connectivity index is 3.13. The van der Waals surface area contributed by atoms with Crippen LogP contribution < -0.4 is 0 Å². The van der Waals surface area contributed by atoms with Gasteiger partial charge in [0.05, 0.1) is 6.07 Å². The molecule has 20 heavy (non-hydrogen) atoms. The summed E-state index contributed by atoms with van der Waals surface area (Å²) < 4.78 is 28.4. The van der Waals surface area contributed by atoms with Crippen LogP contribution in [0.15, 0.2) is 11.2 Å². The fourth-order valence-corrected chi connectivity index (χ4v) is 3.64. The summed E-state index contributed by atoms with van der Waals surface area (Å²) in [6, 6.07) is 1.78. The maximum atomic E-state index is 12.6. The number of rotatable bonds is 7. The maximum Gasteiger partial charge on any atom is 0.262 e. The van der Waals surface area contributed by atoms with Crippen molar-refractivity contribution in [3.8, 4) is 6.07 Å². The lowest BCUT2D eigenvalue weighted by Gasteiger charge is -2.23. The smallest absolute Gasteiger partial charge is 0.262 e. The van der Waals surface area contributed by atoms with Crippen molar-refractivity contribution in [2.45, 2.75) is 58.1 Å². The number of aryl methyl sites for hydroxylation is 2. The number of nitriles is 1. The Hall–Kier alpha value is -1.39. The summed E-state index contributed by atoms with van der Waals surface area (Å²) in [4.78, 5) is 4.16. The average Bonchev–Trinajstić information content (AvgIpc) is 2.72. The molecule has 1 aromatic rings. The molecule has 0 spiro atoms. The van der Waals surface area contributed by atoms with Crippen LogP contribution in [0.4, 0.5) is 0 Å². The van der Waals surface area contributed by atoms with Gasteiger partial charge in [-0.3, -0.25) is 0 Å². The van der Waals surface area contributed by atoms with Gasteiger partial charge < -0.3 is 4.57 Å². The molecular weight excluding hydrogens is 276 g/mol. The van der Waals surface area contributed by atoms with Crippen LogP contribution in [-0.2, 0) is 16.6 Å². The fraction of sp³-hybridized carbons (Fsp3) is 0.692. The molecule has 0 aliphatic carbocycles. The molecule has 0 aromatic carbocycles. The van der Waals surface area contributed by atoms with E-state index < -0.39 is 10.0 Å². The average molecular weight is 298 g/mol. The van der Waals surface area contributed by atoms with E-state index in [4.69, 9.17) is 5.26 Å². The molecule has 0 aliphatic heterocycles. The monoisotopic (exact) mass is 298 g/mol. The molecular formula is C13H22N4O2S. The van der Waals surface area contributed by atoms with Gasteiger partial charge in [0.2, 0.25) is 0 Å². The van der Waals surface area contributed by atoms with Gasteiger partial charge in [-0.15, -0.1) is 0 Å². The molecule has 0 atom stereocenters. The molecule has 0 N–H and O–H groups in total. The Kier molecular flexibility index (Phi) is 5.72. The molecule has 0 fully saturated rings. The Morgan fingerprint density at radius 3 is 2.65 bits per heavy atom. The molecule has 0 aliphatic rings. The summed E-state index contributed by atoms with van der Waals surface area (Å²) in [6.45, 7) is 8.35. The predicted octanol–water partition coefficient (Wildman–Crippen LogP) is 1.91. The molecule has 0 amide bonds. The second-order valence-electron chi connectivity index (χ2n) is 4.94. The van der Waals surface area contributed by atoms with Gasteiger partial charge in [0.1, 0.15) is 5.82 Å². The lowest BCUT2D eigenvalue weighted by molar-refractivity contribution is 0.359.